The highest BCUT2D eigenvalue weighted by Gasteiger charge is 2.58. The van der Waals surface area contributed by atoms with Crippen LogP contribution in [0.4, 0.5) is 0 Å². The average molecular weight is 481 g/mol. The van der Waals surface area contributed by atoms with Crippen LogP contribution >= 0.6 is 0 Å². The molecule has 3 aliphatic carbocycles. The summed E-state index contributed by atoms with van der Waals surface area (Å²) in [7, 11) is -0.0826. The van der Waals surface area contributed by atoms with Crippen molar-refractivity contribution in [2.75, 3.05) is 14.1 Å². The second-order valence-electron chi connectivity index (χ2n) is 11.9. The molecule has 0 aromatic rings. The standard InChI is InChI=1S/C26H44N2O4S/c1-26(2)22-17-21(33(30,31)32)13-14-23(22)28(19-8-6-5-7-9-19)25(26)15-11-18-10-12-20(27(3)4)16-24(18)29/h11,15,18-24,29H,5-10,12-14,16-17H2,1-4H3/b15-11+. The summed E-state index contributed by atoms with van der Waals surface area (Å²) in [6, 6.07) is 1.26. The number of rotatable bonds is 5. The van der Waals surface area contributed by atoms with Crippen LogP contribution in [0.5, 0.6) is 0 Å². The van der Waals surface area contributed by atoms with Crippen LogP contribution in [0.1, 0.15) is 84.5 Å². The Morgan fingerprint density at radius 1 is 1.03 bits per heavy atom. The fourth-order valence-corrected chi connectivity index (χ4v) is 8.24. The molecule has 1 aliphatic heterocycles. The first-order chi connectivity index (χ1) is 15.5. The Hall–Kier alpha value is -0.760. The highest BCUT2D eigenvalue weighted by molar-refractivity contribution is 7.86. The smallest absolute Gasteiger partial charge is 0.182 e. The molecular formula is C26H44N2O4S. The van der Waals surface area contributed by atoms with Crippen LogP contribution in [0.3, 0.4) is 0 Å². The summed E-state index contributed by atoms with van der Waals surface area (Å²) in [5, 5.41) is 10.1. The van der Waals surface area contributed by atoms with Crippen molar-refractivity contribution in [2.24, 2.45) is 17.3 Å². The van der Waals surface area contributed by atoms with Crippen molar-refractivity contribution in [3.63, 3.8) is 0 Å². The van der Waals surface area contributed by atoms with Gasteiger partial charge in [-0.2, -0.15) is 0 Å². The summed E-state index contributed by atoms with van der Waals surface area (Å²) in [5.74, 6) is 0.339. The fraction of sp³-hybridized carbons (Fsp3) is 0.885. The van der Waals surface area contributed by atoms with Crippen molar-refractivity contribution in [1.82, 2.24) is 4.90 Å². The molecule has 4 aliphatic rings. The molecule has 1 N–H and O–H groups in total. The molecule has 0 bridgehead atoms. The van der Waals surface area contributed by atoms with Gasteiger partial charge in [-0.25, -0.2) is 13.0 Å². The van der Waals surface area contributed by atoms with Crippen LogP contribution in [0.15, 0.2) is 12.2 Å². The molecule has 0 amide bonds. The van der Waals surface area contributed by atoms with Crippen LogP contribution in [0.2, 0.25) is 0 Å². The fourth-order valence-electron chi connectivity index (χ4n) is 7.37. The second-order valence-corrected chi connectivity index (χ2v) is 13.6. The highest BCUT2D eigenvalue weighted by atomic mass is 32.2. The van der Waals surface area contributed by atoms with Gasteiger partial charge in [-0.15, -0.1) is 0 Å². The van der Waals surface area contributed by atoms with Crippen LogP contribution in [0.25, 0.3) is 0 Å². The predicted molar refractivity (Wildman–Crippen MR) is 130 cm³/mol. The summed E-state index contributed by atoms with van der Waals surface area (Å²) in [5.41, 5.74) is 1.11. The molecule has 1 heterocycles. The summed E-state index contributed by atoms with van der Waals surface area (Å²) in [6.07, 6.45) is 15.0. The Kier molecular flexibility index (Phi) is 7.46. The second kappa shape index (κ2) is 9.71. The molecule has 4 rings (SSSR count). The van der Waals surface area contributed by atoms with Gasteiger partial charge < -0.3 is 14.6 Å². The van der Waals surface area contributed by atoms with E-state index in [-0.39, 0.29) is 23.4 Å². The van der Waals surface area contributed by atoms with Gasteiger partial charge in [0.15, 0.2) is 17.8 Å². The molecule has 0 aromatic carbocycles. The topological polar surface area (TPSA) is 83.7 Å². The highest BCUT2D eigenvalue weighted by Crippen LogP contribution is 2.49. The molecule has 0 radical (unpaired) electrons. The molecule has 0 aromatic heterocycles. The normalized spacial score (nSPS) is 38.3. The Morgan fingerprint density at radius 3 is 2.33 bits per heavy atom. The van der Waals surface area contributed by atoms with Crippen molar-refractivity contribution >= 4 is 15.8 Å². The molecule has 188 valence electrons. The molecular weight excluding hydrogens is 436 g/mol. The lowest BCUT2D eigenvalue weighted by Gasteiger charge is -2.36. The number of hydrogen-bond donors (Lipinski definition) is 1. The zero-order valence-electron chi connectivity index (χ0n) is 20.9. The van der Waals surface area contributed by atoms with Gasteiger partial charge in [0.2, 0.25) is 0 Å². The quantitative estimate of drug-likeness (QED) is 0.481. The molecule has 33 heavy (non-hydrogen) atoms. The van der Waals surface area contributed by atoms with E-state index in [0.717, 1.165) is 25.7 Å². The minimum atomic E-state index is -4.26. The van der Waals surface area contributed by atoms with Crippen LogP contribution in [-0.4, -0.2) is 76.8 Å². The van der Waals surface area contributed by atoms with Gasteiger partial charge in [-0.05, 0) is 72.9 Å². The Labute approximate surface area is 200 Å². The summed E-state index contributed by atoms with van der Waals surface area (Å²) >= 11 is 0. The van der Waals surface area contributed by atoms with Crippen molar-refractivity contribution in [1.29, 1.82) is 0 Å². The predicted octanol–water partition coefficient (Wildman–Crippen LogP) is 3.54. The number of allylic oxidation sites excluding steroid dienone is 1. The van der Waals surface area contributed by atoms with E-state index >= 15 is 0 Å². The molecule has 0 spiro atoms. The van der Waals surface area contributed by atoms with E-state index in [9.17, 15) is 18.1 Å². The molecule has 6 unspecified atom stereocenters. The average Bonchev–Trinajstić information content (AvgIpc) is 2.99. The van der Waals surface area contributed by atoms with Crippen molar-refractivity contribution < 1.29 is 22.7 Å². The summed E-state index contributed by atoms with van der Waals surface area (Å²) in [6.45, 7) is 4.48. The van der Waals surface area contributed by atoms with Gasteiger partial charge in [-0.1, -0.05) is 12.5 Å². The van der Waals surface area contributed by atoms with Crippen molar-refractivity contribution in [3.8, 4) is 0 Å². The molecule has 3 fully saturated rings. The van der Waals surface area contributed by atoms with E-state index in [0.29, 0.717) is 31.0 Å². The van der Waals surface area contributed by atoms with E-state index in [1.807, 2.05) is 0 Å². The zero-order valence-corrected chi connectivity index (χ0v) is 21.8. The third-order valence-electron chi connectivity index (χ3n) is 9.44. The van der Waals surface area contributed by atoms with Crippen LogP contribution in [-0.2, 0) is 10.1 Å². The minimum absolute atomic E-state index is 0.162. The maximum Gasteiger partial charge on any atom is 0.182 e. The molecule has 0 saturated heterocycles. The van der Waals surface area contributed by atoms with Crippen molar-refractivity contribution in [2.45, 2.75) is 114 Å². The van der Waals surface area contributed by atoms with E-state index in [1.54, 1.807) is 0 Å². The first-order valence-electron chi connectivity index (χ1n) is 13.1. The lowest BCUT2D eigenvalue weighted by atomic mass is 9.68. The first-order valence-corrected chi connectivity index (χ1v) is 14.6. The van der Waals surface area contributed by atoms with Gasteiger partial charge in [0, 0.05) is 43.2 Å². The zero-order chi connectivity index (χ0) is 24.0. The molecule has 6 atom stereocenters. The first kappa shape index (κ1) is 25.3. The number of hydrogen-bond acceptors (Lipinski definition) is 5. The van der Waals surface area contributed by atoms with Gasteiger partial charge in [-0.3, -0.25) is 0 Å². The third-order valence-corrected chi connectivity index (χ3v) is 10.7. The number of nitrogens with zero attached hydrogens (tertiary/aromatic N) is 2. The third kappa shape index (κ3) is 5.12. The number of aliphatic hydroxyl groups is 1. The van der Waals surface area contributed by atoms with E-state index in [1.165, 1.54) is 37.8 Å². The largest absolute Gasteiger partial charge is 0.748 e. The lowest BCUT2D eigenvalue weighted by molar-refractivity contribution is -0.604. The number of fused-ring (bicyclic) bond motifs is 1. The molecule has 6 nitrogen and oxygen atoms in total. The van der Waals surface area contributed by atoms with Gasteiger partial charge in [0.1, 0.15) is 0 Å². The Morgan fingerprint density at radius 2 is 1.73 bits per heavy atom. The van der Waals surface area contributed by atoms with Gasteiger partial charge >= 0.3 is 0 Å². The van der Waals surface area contributed by atoms with E-state index < -0.39 is 15.4 Å². The molecule has 3 saturated carbocycles. The molecule has 7 heteroatoms. The van der Waals surface area contributed by atoms with Crippen LogP contribution < -0.4 is 0 Å². The Bertz CT molecular complexity index is 873. The van der Waals surface area contributed by atoms with Crippen LogP contribution in [0, 0.1) is 17.3 Å². The van der Waals surface area contributed by atoms with Gasteiger partial charge in [0.05, 0.1) is 26.9 Å². The minimum Gasteiger partial charge on any atom is -0.748 e. The Balaban J connectivity index is 1.63. The maximum atomic E-state index is 11.9. The van der Waals surface area contributed by atoms with E-state index in [2.05, 4.69) is 49.6 Å². The van der Waals surface area contributed by atoms with Gasteiger partial charge in [0.25, 0.3) is 0 Å². The summed E-state index contributed by atoms with van der Waals surface area (Å²) in [4.78, 5) is 2.22. The monoisotopic (exact) mass is 480 g/mol. The lowest BCUT2D eigenvalue weighted by Crippen LogP contribution is -2.44. The summed E-state index contributed by atoms with van der Waals surface area (Å²) < 4.78 is 38.3. The van der Waals surface area contributed by atoms with E-state index in [4.69, 9.17) is 0 Å². The SMILES string of the molecule is CN(C)C1CCC(/C=C/C2=[N+](C3CCCCC3)C3CCC(S(=O)(=O)[O-])CC3C2(C)C)C(O)C1. The van der Waals surface area contributed by atoms with Crippen molar-refractivity contribution in [3.05, 3.63) is 12.2 Å². The maximum absolute atomic E-state index is 11.9. The number of aliphatic hydroxyl groups excluding tert-OH is 1.